The molecular weight excluding hydrogens is 520 g/mol. The number of carbonyl (C=O) groups is 1. The fraction of sp³-hybridized carbons (Fsp3) is 0.519. The maximum absolute atomic E-state index is 10.5. The summed E-state index contributed by atoms with van der Waals surface area (Å²) in [6.45, 7) is 5.26. The molecule has 38 heavy (non-hydrogen) atoms. The average molecular weight is 557 g/mol. The quantitative estimate of drug-likeness (QED) is 0.336. The Labute approximate surface area is 233 Å². The SMILES string of the molecule is CN1CCCCC1c1cc2nc(N3CCC3)cc(N3CCC(N)C3)n2n1.CSNc1ccc(Cl)cc1C=O. The van der Waals surface area contributed by atoms with Crippen LogP contribution in [0.4, 0.5) is 17.3 Å². The number of piperidine rings is 1. The van der Waals surface area contributed by atoms with Gasteiger partial charge in [0.15, 0.2) is 11.9 Å². The van der Waals surface area contributed by atoms with E-state index in [-0.39, 0.29) is 6.04 Å². The number of fused-ring (bicyclic) bond motifs is 1. The van der Waals surface area contributed by atoms with Gasteiger partial charge in [0.1, 0.15) is 11.6 Å². The van der Waals surface area contributed by atoms with Gasteiger partial charge in [0.25, 0.3) is 0 Å². The van der Waals surface area contributed by atoms with Gasteiger partial charge in [-0.05, 0) is 57.5 Å². The van der Waals surface area contributed by atoms with Gasteiger partial charge in [0, 0.05) is 61.2 Å². The average Bonchev–Trinajstić information content (AvgIpc) is 3.50. The van der Waals surface area contributed by atoms with Crippen LogP contribution in [0.5, 0.6) is 0 Å². The Balaban J connectivity index is 0.000000207. The monoisotopic (exact) mass is 556 g/mol. The van der Waals surface area contributed by atoms with Gasteiger partial charge in [-0.1, -0.05) is 30.0 Å². The maximum Gasteiger partial charge on any atom is 0.160 e. The normalized spacial score (nSPS) is 21.7. The molecule has 0 radical (unpaired) electrons. The van der Waals surface area contributed by atoms with Crippen molar-refractivity contribution in [3.63, 3.8) is 0 Å². The van der Waals surface area contributed by atoms with E-state index in [9.17, 15) is 4.79 Å². The lowest BCUT2D eigenvalue weighted by molar-refractivity contribution is 0.112. The van der Waals surface area contributed by atoms with Gasteiger partial charge < -0.3 is 20.3 Å². The molecule has 3 aliphatic rings. The molecule has 9 nitrogen and oxygen atoms in total. The summed E-state index contributed by atoms with van der Waals surface area (Å²) in [5, 5.41) is 5.59. The summed E-state index contributed by atoms with van der Waals surface area (Å²) in [4.78, 5) is 22.7. The van der Waals surface area contributed by atoms with Gasteiger partial charge >= 0.3 is 0 Å². The van der Waals surface area contributed by atoms with Crippen molar-refractivity contribution in [2.45, 2.75) is 44.2 Å². The molecule has 1 aromatic carbocycles. The van der Waals surface area contributed by atoms with Crippen LogP contribution in [0.25, 0.3) is 5.65 Å². The lowest BCUT2D eigenvalue weighted by atomic mass is 10.0. The highest BCUT2D eigenvalue weighted by Crippen LogP contribution is 2.32. The third-order valence-corrected chi connectivity index (χ3v) is 8.27. The van der Waals surface area contributed by atoms with E-state index in [0.29, 0.717) is 16.6 Å². The van der Waals surface area contributed by atoms with Crippen LogP contribution in [-0.4, -0.2) is 77.9 Å². The third kappa shape index (κ3) is 5.88. The van der Waals surface area contributed by atoms with E-state index in [1.807, 2.05) is 6.26 Å². The predicted octanol–water partition coefficient (Wildman–Crippen LogP) is 4.48. The summed E-state index contributed by atoms with van der Waals surface area (Å²) in [6.07, 6.45) is 8.73. The fourth-order valence-electron chi connectivity index (χ4n) is 5.34. The van der Waals surface area contributed by atoms with Crippen LogP contribution in [-0.2, 0) is 0 Å². The summed E-state index contributed by atoms with van der Waals surface area (Å²) in [7, 11) is 2.22. The van der Waals surface area contributed by atoms with Crippen LogP contribution in [0.15, 0.2) is 30.3 Å². The summed E-state index contributed by atoms with van der Waals surface area (Å²) < 4.78 is 5.04. The highest BCUT2D eigenvalue weighted by Gasteiger charge is 2.28. The van der Waals surface area contributed by atoms with Crippen LogP contribution in [0.1, 0.15) is 54.2 Å². The van der Waals surface area contributed by atoms with Crippen LogP contribution in [0.2, 0.25) is 5.02 Å². The van der Waals surface area contributed by atoms with Crippen molar-refractivity contribution in [1.82, 2.24) is 19.5 Å². The molecule has 3 N–H and O–H groups in total. The van der Waals surface area contributed by atoms with Gasteiger partial charge in [0.05, 0.1) is 17.4 Å². The number of anilines is 3. The van der Waals surface area contributed by atoms with Crippen molar-refractivity contribution in [3.05, 3.63) is 46.6 Å². The summed E-state index contributed by atoms with van der Waals surface area (Å²) >= 11 is 7.14. The number of carbonyl (C=O) groups excluding carboxylic acids is 1. The Bertz CT molecular complexity index is 1270. The zero-order valence-corrected chi connectivity index (χ0v) is 23.7. The van der Waals surface area contributed by atoms with Crippen molar-refractivity contribution in [2.24, 2.45) is 5.73 Å². The molecule has 2 atom stereocenters. The molecule has 0 aliphatic carbocycles. The first-order valence-corrected chi connectivity index (χ1v) is 15.0. The number of nitrogens with zero attached hydrogens (tertiary/aromatic N) is 6. The molecule has 3 aliphatic heterocycles. The lowest BCUT2D eigenvalue weighted by Gasteiger charge is -2.33. The zero-order chi connectivity index (χ0) is 26.6. The zero-order valence-electron chi connectivity index (χ0n) is 22.1. The maximum atomic E-state index is 10.5. The van der Waals surface area contributed by atoms with Crippen molar-refractivity contribution >= 4 is 52.8 Å². The van der Waals surface area contributed by atoms with E-state index in [4.69, 9.17) is 27.4 Å². The third-order valence-electron chi connectivity index (χ3n) is 7.61. The summed E-state index contributed by atoms with van der Waals surface area (Å²) in [5.41, 5.74) is 9.68. The van der Waals surface area contributed by atoms with Crippen LogP contribution in [0.3, 0.4) is 0 Å². The highest BCUT2D eigenvalue weighted by molar-refractivity contribution is 7.99. The van der Waals surface area contributed by atoms with Gasteiger partial charge in [-0.3, -0.25) is 9.69 Å². The number of halogens is 1. The van der Waals surface area contributed by atoms with E-state index >= 15 is 0 Å². The Morgan fingerprint density at radius 1 is 1.08 bits per heavy atom. The number of nitrogens with two attached hydrogens (primary N) is 1. The smallest absolute Gasteiger partial charge is 0.160 e. The summed E-state index contributed by atoms with van der Waals surface area (Å²) in [5.74, 6) is 2.23. The second kappa shape index (κ2) is 12.1. The van der Waals surface area contributed by atoms with Gasteiger partial charge in [-0.15, -0.1) is 0 Å². The van der Waals surface area contributed by atoms with Crippen molar-refractivity contribution in [3.8, 4) is 0 Å². The highest BCUT2D eigenvalue weighted by atomic mass is 35.5. The van der Waals surface area contributed by atoms with E-state index in [1.165, 1.54) is 37.6 Å². The number of aromatic nitrogens is 3. The number of hydrogen-bond acceptors (Lipinski definition) is 9. The number of likely N-dealkylation sites (tertiary alicyclic amines) is 1. The first kappa shape index (κ1) is 27.1. The lowest BCUT2D eigenvalue weighted by Crippen LogP contribution is -2.38. The molecule has 0 saturated carbocycles. The molecule has 6 rings (SSSR count). The number of nitrogens with one attached hydrogen (secondary N) is 1. The molecule has 204 valence electrons. The van der Waals surface area contributed by atoms with E-state index < -0.39 is 0 Å². The number of rotatable bonds is 6. The van der Waals surface area contributed by atoms with E-state index in [2.05, 4.69) is 43.1 Å². The standard InChI is InChI=1S/C19H29N7.C8H8ClNOS/c1-23-7-3-2-5-16(23)15-11-18-21-17(24-8-4-9-24)12-19(26(18)22-15)25-10-6-14(20)13-25;1-12-10-8-3-2-7(9)4-6(8)5-11/h11-12,14,16H,2-10,13,20H2,1H3;2-5,10H,1H3. The Morgan fingerprint density at radius 2 is 1.92 bits per heavy atom. The van der Waals surface area contributed by atoms with Crippen molar-refractivity contribution < 1.29 is 4.79 Å². The molecule has 0 spiro atoms. The number of benzene rings is 1. The molecule has 0 bridgehead atoms. The molecule has 3 fully saturated rings. The van der Waals surface area contributed by atoms with E-state index in [0.717, 1.165) is 74.1 Å². The predicted molar refractivity (Wildman–Crippen MR) is 158 cm³/mol. The largest absolute Gasteiger partial charge is 0.356 e. The minimum absolute atomic E-state index is 0.255. The van der Waals surface area contributed by atoms with Crippen molar-refractivity contribution in [2.75, 3.05) is 60.5 Å². The Morgan fingerprint density at radius 3 is 2.58 bits per heavy atom. The van der Waals surface area contributed by atoms with Crippen LogP contribution < -0.4 is 20.3 Å². The minimum Gasteiger partial charge on any atom is -0.356 e. The molecule has 5 heterocycles. The van der Waals surface area contributed by atoms with Gasteiger partial charge in [-0.25, -0.2) is 4.98 Å². The fourth-order valence-corrected chi connectivity index (χ4v) is 5.92. The first-order valence-electron chi connectivity index (χ1n) is 13.4. The Kier molecular flexibility index (Phi) is 8.62. The van der Waals surface area contributed by atoms with Gasteiger partial charge in [0.2, 0.25) is 0 Å². The molecule has 2 aromatic heterocycles. The molecule has 3 aromatic rings. The second-order valence-corrected chi connectivity index (χ2v) is 11.3. The first-order chi connectivity index (χ1) is 18.5. The molecule has 3 saturated heterocycles. The number of aldehydes is 1. The molecule has 2 unspecified atom stereocenters. The van der Waals surface area contributed by atoms with E-state index in [1.54, 1.807) is 18.2 Å². The molecule has 11 heteroatoms. The topological polar surface area (TPSA) is 95.0 Å². The number of hydrogen-bond donors (Lipinski definition) is 2. The van der Waals surface area contributed by atoms with Crippen LogP contribution >= 0.6 is 23.5 Å². The van der Waals surface area contributed by atoms with Crippen molar-refractivity contribution in [1.29, 1.82) is 0 Å². The van der Waals surface area contributed by atoms with Gasteiger partial charge in [-0.2, -0.15) is 9.61 Å². The molecular formula is C27H37ClN8OS. The molecule has 0 amide bonds. The summed E-state index contributed by atoms with van der Waals surface area (Å²) in [6, 6.07) is 10.2. The van der Waals surface area contributed by atoms with Crippen LogP contribution in [0, 0.1) is 0 Å². The minimum atomic E-state index is 0.255. The Hall–Kier alpha value is -2.53. The second-order valence-electron chi connectivity index (χ2n) is 10.3.